The minimum absolute atomic E-state index is 0.0985. The quantitative estimate of drug-likeness (QED) is 0.897. The van der Waals surface area contributed by atoms with Crippen LogP contribution in [0, 0.1) is 5.82 Å². The predicted molar refractivity (Wildman–Crippen MR) is 85.1 cm³/mol. The Morgan fingerprint density at radius 2 is 1.86 bits per heavy atom. The van der Waals surface area contributed by atoms with Crippen LogP contribution in [0.1, 0.15) is 30.4 Å². The van der Waals surface area contributed by atoms with E-state index in [2.05, 4.69) is 5.32 Å². The zero-order chi connectivity index (χ0) is 15.4. The summed E-state index contributed by atoms with van der Waals surface area (Å²) < 4.78 is 13.1. The van der Waals surface area contributed by atoms with Crippen LogP contribution in [0.5, 0.6) is 0 Å². The molecule has 0 saturated heterocycles. The molecule has 0 heterocycles. The highest BCUT2D eigenvalue weighted by atomic mass is 19.1. The number of halogens is 1. The Morgan fingerprint density at radius 1 is 1.09 bits per heavy atom. The van der Waals surface area contributed by atoms with E-state index in [1.54, 1.807) is 6.07 Å². The van der Waals surface area contributed by atoms with Crippen LogP contribution in [0.4, 0.5) is 4.39 Å². The first kappa shape index (κ1) is 14.8. The molecule has 2 aromatic carbocycles. The fraction of sp³-hybridized carbons (Fsp3) is 0.316. The number of hydrogen-bond acceptors (Lipinski definition) is 1. The Hall–Kier alpha value is -2.16. The summed E-state index contributed by atoms with van der Waals surface area (Å²) in [7, 11) is 0. The van der Waals surface area contributed by atoms with Gasteiger partial charge in [-0.2, -0.15) is 0 Å². The van der Waals surface area contributed by atoms with E-state index in [0.29, 0.717) is 13.0 Å². The molecule has 1 aliphatic rings. The second-order valence-electron chi connectivity index (χ2n) is 5.94. The summed E-state index contributed by atoms with van der Waals surface area (Å²) in [5, 5.41) is 3.03. The minimum atomic E-state index is -0.358. The molecule has 0 bridgehead atoms. The van der Waals surface area contributed by atoms with Crippen LogP contribution in [0.3, 0.4) is 0 Å². The van der Waals surface area contributed by atoms with Crippen molar-refractivity contribution >= 4 is 5.91 Å². The molecule has 2 nitrogen and oxygen atoms in total. The van der Waals surface area contributed by atoms with Gasteiger partial charge in [0.25, 0.3) is 0 Å². The lowest BCUT2D eigenvalue weighted by atomic mass is 9.64. The van der Waals surface area contributed by atoms with Gasteiger partial charge in [0.1, 0.15) is 5.82 Å². The number of nitrogens with one attached hydrogen (secondary N) is 1. The van der Waals surface area contributed by atoms with Gasteiger partial charge in [0.2, 0.25) is 5.91 Å². The van der Waals surface area contributed by atoms with E-state index in [9.17, 15) is 9.18 Å². The standard InChI is InChI=1S/C19H20FNO/c20-17-9-4-6-15(14-17)10-13-21-18(22)19(11-5-12-19)16-7-2-1-3-8-16/h1-4,6-9,14H,5,10-13H2,(H,21,22). The van der Waals surface area contributed by atoms with Gasteiger partial charge in [0, 0.05) is 6.54 Å². The number of hydrogen-bond donors (Lipinski definition) is 1. The van der Waals surface area contributed by atoms with Gasteiger partial charge in [-0.3, -0.25) is 4.79 Å². The average molecular weight is 297 g/mol. The third-order valence-electron chi connectivity index (χ3n) is 4.56. The molecule has 3 rings (SSSR count). The van der Waals surface area contributed by atoms with Crippen molar-refractivity contribution in [2.75, 3.05) is 6.54 Å². The first-order valence-corrected chi connectivity index (χ1v) is 7.79. The topological polar surface area (TPSA) is 29.1 Å². The van der Waals surface area contributed by atoms with Crippen molar-refractivity contribution in [2.24, 2.45) is 0 Å². The highest BCUT2D eigenvalue weighted by Gasteiger charge is 2.45. The highest BCUT2D eigenvalue weighted by molar-refractivity contribution is 5.89. The lowest BCUT2D eigenvalue weighted by Crippen LogP contribution is -2.49. The van der Waals surface area contributed by atoms with E-state index in [1.807, 2.05) is 36.4 Å². The maximum Gasteiger partial charge on any atom is 0.230 e. The summed E-state index contributed by atoms with van der Waals surface area (Å²) in [6, 6.07) is 16.5. The van der Waals surface area contributed by atoms with Gasteiger partial charge in [-0.25, -0.2) is 4.39 Å². The van der Waals surface area contributed by atoms with Gasteiger partial charge in [-0.15, -0.1) is 0 Å². The van der Waals surface area contributed by atoms with Crippen molar-refractivity contribution in [1.29, 1.82) is 0 Å². The SMILES string of the molecule is O=C(NCCc1cccc(F)c1)C1(c2ccccc2)CCC1. The van der Waals surface area contributed by atoms with Crippen molar-refractivity contribution in [1.82, 2.24) is 5.32 Å². The van der Waals surface area contributed by atoms with E-state index < -0.39 is 0 Å². The molecule has 1 fully saturated rings. The smallest absolute Gasteiger partial charge is 0.230 e. The van der Waals surface area contributed by atoms with Crippen LogP contribution in [0.15, 0.2) is 54.6 Å². The molecule has 0 spiro atoms. The minimum Gasteiger partial charge on any atom is -0.355 e. The molecule has 0 aliphatic heterocycles. The van der Waals surface area contributed by atoms with Gasteiger partial charge in [0.15, 0.2) is 0 Å². The lowest BCUT2D eigenvalue weighted by Gasteiger charge is -2.40. The molecule has 2 aromatic rings. The molecule has 1 N–H and O–H groups in total. The number of amides is 1. The zero-order valence-corrected chi connectivity index (χ0v) is 12.5. The van der Waals surface area contributed by atoms with Gasteiger partial charge >= 0.3 is 0 Å². The largest absolute Gasteiger partial charge is 0.355 e. The normalized spacial score (nSPS) is 15.9. The fourth-order valence-corrected chi connectivity index (χ4v) is 3.12. The molecule has 0 aromatic heterocycles. The molecular formula is C19H20FNO. The lowest BCUT2D eigenvalue weighted by molar-refractivity contribution is -0.129. The number of rotatable bonds is 5. The molecule has 114 valence electrons. The summed E-state index contributed by atoms with van der Waals surface area (Å²) in [6.07, 6.45) is 3.55. The second-order valence-corrected chi connectivity index (χ2v) is 5.94. The summed E-state index contributed by atoms with van der Waals surface area (Å²) in [4.78, 5) is 12.6. The van der Waals surface area contributed by atoms with E-state index in [1.165, 1.54) is 12.1 Å². The van der Waals surface area contributed by atoms with E-state index in [4.69, 9.17) is 0 Å². The monoisotopic (exact) mass is 297 g/mol. The van der Waals surface area contributed by atoms with Crippen LogP contribution in [0.25, 0.3) is 0 Å². The molecule has 1 amide bonds. The van der Waals surface area contributed by atoms with Gasteiger partial charge < -0.3 is 5.32 Å². The first-order chi connectivity index (χ1) is 10.7. The van der Waals surface area contributed by atoms with Crippen LogP contribution >= 0.6 is 0 Å². The molecule has 1 aliphatic carbocycles. The molecule has 1 saturated carbocycles. The van der Waals surface area contributed by atoms with Gasteiger partial charge in [-0.1, -0.05) is 48.9 Å². The Labute approximate surface area is 130 Å². The van der Waals surface area contributed by atoms with E-state index in [-0.39, 0.29) is 17.1 Å². The van der Waals surface area contributed by atoms with Crippen LogP contribution in [-0.4, -0.2) is 12.5 Å². The van der Waals surface area contributed by atoms with Crippen molar-refractivity contribution < 1.29 is 9.18 Å². The van der Waals surface area contributed by atoms with Crippen molar-refractivity contribution in [3.8, 4) is 0 Å². The third-order valence-corrected chi connectivity index (χ3v) is 4.56. The van der Waals surface area contributed by atoms with Crippen molar-refractivity contribution in [3.05, 3.63) is 71.5 Å². The number of benzene rings is 2. The molecule has 0 radical (unpaired) electrons. The Kier molecular flexibility index (Phi) is 4.23. The molecular weight excluding hydrogens is 277 g/mol. The van der Waals surface area contributed by atoms with Crippen molar-refractivity contribution in [3.63, 3.8) is 0 Å². The molecule has 0 unspecified atom stereocenters. The summed E-state index contributed by atoms with van der Waals surface area (Å²) in [5.74, 6) is -0.134. The van der Waals surface area contributed by atoms with Crippen LogP contribution < -0.4 is 5.32 Å². The average Bonchev–Trinajstić information content (AvgIpc) is 2.47. The summed E-state index contributed by atoms with van der Waals surface area (Å²) in [5.41, 5.74) is 1.65. The van der Waals surface area contributed by atoms with Crippen LogP contribution in [-0.2, 0) is 16.6 Å². The predicted octanol–water partition coefficient (Wildman–Crippen LogP) is 3.61. The fourth-order valence-electron chi connectivity index (χ4n) is 3.12. The maximum atomic E-state index is 13.1. The highest BCUT2D eigenvalue weighted by Crippen LogP contribution is 2.43. The summed E-state index contributed by atoms with van der Waals surface area (Å²) in [6.45, 7) is 0.539. The Balaban J connectivity index is 1.61. The summed E-state index contributed by atoms with van der Waals surface area (Å²) >= 11 is 0. The molecule has 0 atom stereocenters. The Morgan fingerprint density at radius 3 is 2.50 bits per heavy atom. The zero-order valence-electron chi connectivity index (χ0n) is 12.5. The van der Waals surface area contributed by atoms with Gasteiger partial charge in [0.05, 0.1) is 5.41 Å². The van der Waals surface area contributed by atoms with Gasteiger partial charge in [-0.05, 0) is 42.5 Å². The van der Waals surface area contributed by atoms with E-state index >= 15 is 0 Å². The van der Waals surface area contributed by atoms with Crippen molar-refractivity contribution in [2.45, 2.75) is 31.1 Å². The number of carbonyl (C=O) groups is 1. The number of carbonyl (C=O) groups excluding carboxylic acids is 1. The first-order valence-electron chi connectivity index (χ1n) is 7.79. The molecule has 22 heavy (non-hydrogen) atoms. The van der Waals surface area contributed by atoms with E-state index in [0.717, 1.165) is 30.4 Å². The third kappa shape index (κ3) is 2.89. The molecule has 3 heteroatoms. The Bertz CT molecular complexity index is 649. The second kappa shape index (κ2) is 6.30. The maximum absolute atomic E-state index is 13.1. The van der Waals surface area contributed by atoms with Crippen LogP contribution in [0.2, 0.25) is 0 Å².